The van der Waals surface area contributed by atoms with Crippen molar-refractivity contribution < 1.29 is 23.5 Å². The molecular formula is C29H28FN3O4S3. The highest BCUT2D eigenvalue weighted by atomic mass is 32.2. The van der Waals surface area contributed by atoms with Crippen LogP contribution in [-0.4, -0.2) is 39.1 Å². The van der Waals surface area contributed by atoms with Crippen LogP contribution in [0.3, 0.4) is 0 Å². The molecule has 2 amide bonds. The van der Waals surface area contributed by atoms with Crippen LogP contribution in [0.5, 0.6) is 0 Å². The van der Waals surface area contributed by atoms with Crippen molar-refractivity contribution in [3.05, 3.63) is 80.6 Å². The molecule has 0 atom stereocenters. The number of carbonyl (C=O) groups excluding carboxylic acids is 3. The molecule has 0 radical (unpaired) electrons. The number of nitrogens with one attached hydrogen (secondary N) is 1. The van der Waals surface area contributed by atoms with Crippen LogP contribution in [0.1, 0.15) is 48.0 Å². The molecule has 7 nitrogen and oxygen atoms in total. The molecule has 0 spiro atoms. The lowest BCUT2D eigenvalue weighted by atomic mass is 10.0. The number of thiocarbonyl (C=S) groups is 1. The summed E-state index contributed by atoms with van der Waals surface area (Å²) in [6.07, 6.45) is 1.81. The van der Waals surface area contributed by atoms with Crippen LogP contribution in [0.4, 0.5) is 10.1 Å². The fourth-order valence-electron chi connectivity index (χ4n) is 3.87. The average Bonchev–Trinajstić information content (AvgIpc) is 3.45. The average molecular weight is 598 g/mol. The van der Waals surface area contributed by atoms with Gasteiger partial charge >= 0.3 is 5.97 Å². The molecule has 1 aromatic heterocycles. The van der Waals surface area contributed by atoms with Gasteiger partial charge in [-0.2, -0.15) is 0 Å². The molecule has 3 N–H and O–H groups in total. The summed E-state index contributed by atoms with van der Waals surface area (Å²) in [5.74, 6) is -1.33. The third-order valence-corrected chi connectivity index (χ3v) is 7.99. The van der Waals surface area contributed by atoms with Gasteiger partial charge in [-0.05, 0) is 91.4 Å². The van der Waals surface area contributed by atoms with E-state index < -0.39 is 11.6 Å². The lowest BCUT2D eigenvalue weighted by Gasteiger charge is -2.19. The highest BCUT2D eigenvalue weighted by Crippen LogP contribution is 2.35. The molecule has 208 valence electrons. The van der Waals surface area contributed by atoms with Gasteiger partial charge in [0.15, 0.2) is 0 Å². The van der Waals surface area contributed by atoms with E-state index in [-0.39, 0.29) is 37.1 Å². The van der Waals surface area contributed by atoms with Crippen molar-refractivity contribution in [3.63, 3.8) is 0 Å². The van der Waals surface area contributed by atoms with Crippen molar-refractivity contribution in [1.82, 2.24) is 4.90 Å². The summed E-state index contributed by atoms with van der Waals surface area (Å²) >= 11 is 8.04. The number of anilines is 1. The standard InChI is InChI=1S/C29H28FN3O4S3/c1-29(2,3)37-27(36)17-4-7-21(8-5-17)32-25(34)10-11-33-26(35)24(40-28(33)38)14-22-13-19(16-39-22)23-9-6-20(30)12-18(23)15-31/h4-9,12-14,16H,10-11,15,31H2,1-3H3,(H,32,34)/b24-14-. The third kappa shape index (κ3) is 7.42. The second-order valence-electron chi connectivity index (χ2n) is 9.95. The van der Waals surface area contributed by atoms with Gasteiger partial charge in [0.1, 0.15) is 15.7 Å². The van der Waals surface area contributed by atoms with Crippen LogP contribution < -0.4 is 11.1 Å². The monoisotopic (exact) mass is 597 g/mol. The maximum Gasteiger partial charge on any atom is 0.338 e. The first-order valence-corrected chi connectivity index (χ1v) is 14.5. The van der Waals surface area contributed by atoms with Gasteiger partial charge in [0, 0.05) is 30.1 Å². The lowest BCUT2D eigenvalue weighted by molar-refractivity contribution is -0.122. The Morgan fingerprint density at radius 1 is 1.15 bits per heavy atom. The number of benzene rings is 2. The van der Waals surface area contributed by atoms with Crippen LogP contribution in [0.2, 0.25) is 0 Å². The molecule has 0 unspecified atom stereocenters. The number of esters is 1. The summed E-state index contributed by atoms with van der Waals surface area (Å²) in [6.45, 7) is 5.72. The number of hydrogen-bond acceptors (Lipinski definition) is 8. The molecule has 3 aromatic rings. The fraction of sp³-hybridized carbons (Fsp3) is 0.241. The van der Waals surface area contributed by atoms with Crippen molar-refractivity contribution in [2.75, 3.05) is 11.9 Å². The number of nitrogens with two attached hydrogens (primary N) is 1. The van der Waals surface area contributed by atoms with E-state index in [1.165, 1.54) is 40.1 Å². The molecule has 2 aromatic carbocycles. The van der Waals surface area contributed by atoms with E-state index >= 15 is 0 Å². The summed E-state index contributed by atoms with van der Waals surface area (Å²) in [4.78, 5) is 40.5. The Labute approximate surface area is 245 Å². The number of amides is 2. The molecule has 0 aliphatic carbocycles. The number of thiophene rings is 1. The van der Waals surface area contributed by atoms with Gasteiger partial charge in [-0.15, -0.1) is 11.3 Å². The zero-order valence-corrected chi connectivity index (χ0v) is 24.6. The Hall–Kier alpha value is -3.38. The minimum atomic E-state index is -0.601. The molecule has 0 bridgehead atoms. The predicted molar refractivity (Wildman–Crippen MR) is 162 cm³/mol. The fourth-order valence-corrected chi connectivity index (χ4v) is 6.08. The SMILES string of the molecule is CC(C)(C)OC(=O)c1ccc(NC(=O)CCN2C(=O)/C(=C/c3cc(-c4ccc(F)cc4CN)cs3)SC2=S)cc1. The van der Waals surface area contributed by atoms with Gasteiger partial charge in [-0.3, -0.25) is 14.5 Å². The predicted octanol–water partition coefficient (Wildman–Crippen LogP) is 6.20. The molecule has 1 saturated heterocycles. The highest BCUT2D eigenvalue weighted by molar-refractivity contribution is 8.26. The van der Waals surface area contributed by atoms with Crippen LogP contribution >= 0.6 is 35.3 Å². The molecule has 40 heavy (non-hydrogen) atoms. The molecule has 1 fully saturated rings. The van der Waals surface area contributed by atoms with Crippen molar-refractivity contribution in [2.24, 2.45) is 5.73 Å². The van der Waals surface area contributed by atoms with Gasteiger partial charge in [0.2, 0.25) is 5.91 Å². The summed E-state index contributed by atoms with van der Waals surface area (Å²) in [5.41, 5.74) is 8.53. The number of hydrogen-bond donors (Lipinski definition) is 2. The van der Waals surface area contributed by atoms with Crippen molar-refractivity contribution >= 4 is 69.2 Å². The van der Waals surface area contributed by atoms with Gasteiger partial charge in [0.05, 0.1) is 10.5 Å². The molecular weight excluding hydrogens is 570 g/mol. The second kappa shape index (κ2) is 12.4. The Morgan fingerprint density at radius 2 is 1.88 bits per heavy atom. The number of nitrogens with zero attached hydrogens (tertiary/aromatic N) is 1. The molecule has 4 rings (SSSR count). The topological polar surface area (TPSA) is 102 Å². The summed E-state index contributed by atoms with van der Waals surface area (Å²) in [6, 6.07) is 12.8. The van der Waals surface area contributed by atoms with E-state index in [1.807, 2.05) is 11.4 Å². The Bertz CT molecular complexity index is 1490. The first kappa shape index (κ1) is 29.6. The minimum absolute atomic E-state index is 0.0448. The van der Waals surface area contributed by atoms with E-state index in [1.54, 1.807) is 57.2 Å². The maximum absolute atomic E-state index is 13.6. The van der Waals surface area contributed by atoms with Gasteiger partial charge < -0.3 is 15.8 Å². The smallest absolute Gasteiger partial charge is 0.338 e. The van der Waals surface area contributed by atoms with E-state index in [2.05, 4.69) is 5.32 Å². The van der Waals surface area contributed by atoms with Crippen LogP contribution in [0.25, 0.3) is 17.2 Å². The highest BCUT2D eigenvalue weighted by Gasteiger charge is 2.32. The van der Waals surface area contributed by atoms with Crippen LogP contribution in [0.15, 0.2) is 58.8 Å². The molecule has 2 heterocycles. The third-order valence-electron chi connectivity index (χ3n) is 5.73. The van der Waals surface area contributed by atoms with E-state index in [0.717, 1.165) is 16.0 Å². The Kier molecular flexibility index (Phi) is 9.19. The lowest BCUT2D eigenvalue weighted by Crippen LogP contribution is -2.31. The first-order valence-electron chi connectivity index (χ1n) is 12.4. The summed E-state index contributed by atoms with van der Waals surface area (Å²) in [5, 5.41) is 4.70. The Morgan fingerprint density at radius 3 is 2.55 bits per heavy atom. The normalized spacial score (nSPS) is 14.6. The molecule has 1 aliphatic heterocycles. The zero-order valence-electron chi connectivity index (χ0n) is 22.2. The van der Waals surface area contributed by atoms with Crippen molar-refractivity contribution in [3.8, 4) is 11.1 Å². The van der Waals surface area contributed by atoms with Gasteiger partial charge in [-0.1, -0.05) is 30.0 Å². The zero-order chi connectivity index (χ0) is 29.0. The Balaban J connectivity index is 1.34. The number of carbonyl (C=O) groups is 3. The quantitative estimate of drug-likeness (QED) is 0.181. The number of ether oxygens (including phenoxy) is 1. The molecule has 1 aliphatic rings. The van der Waals surface area contributed by atoms with Gasteiger partial charge in [-0.25, -0.2) is 9.18 Å². The number of rotatable bonds is 8. The van der Waals surface area contributed by atoms with E-state index in [0.29, 0.717) is 26.0 Å². The largest absolute Gasteiger partial charge is 0.456 e. The van der Waals surface area contributed by atoms with E-state index in [4.69, 9.17) is 22.7 Å². The van der Waals surface area contributed by atoms with Gasteiger partial charge in [0.25, 0.3) is 5.91 Å². The van der Waals surface area contributed by atoms with Crippen LogP contribution in [0, 0.1) is 5.82 Å². The molecule has 0 saturated carbocycles. The van der Waals surface area contributed by atoms with Crippen LogP contribution in [-0.2, 0) is 20.9 Å². The van der Waals surface area contributed by atoms with Crippen molar-refractivity contribution in [2.45, 2.75) is 39.3 Å². The number of thioether (sulfide) groups is 1. The van der Waals surface area contributed by atoms with Crippen molar-refractivity contribution in [1.29, 1.82) is 0 Å². The minimum Gasteiger partial charge on any atom is -0.456 e. The number of halogens is 1. The first-order chi connectivity index (χ1) is 18.9. The van der Waals surface area contributed by atoms with E-state index in [9.17, 15) is 18.8 Å². The summed E-state index contributed by atoms with van der Waals surface area (Å²) < 4.78 is 19.3. The maximum atomic E-state index is 13.6. The second-order valence-corrected chi connectivity index (χ2v) is 12.6. The molecule has 11 heteroatoms. The summed E-state index contributed by atoms with van der Waals surface area (Å²) in [7, 11) is 0.